The van der Waals surface area contributed by atoms with Gasteiger partial charge < -0.3 is 10.1 Å². The molecule has 1 N–H and O–H groups in total. The molecule has 17 heavy (non-hydrogen) atoms. The Balaban J connectivity index is 2.13. The van der Waals surface area contributed by atoms with Gasteiger partial charge in [-0.2, -0.15) is 0 Å². The van der Waals surface area contributed by atoms with Crippen LogP contribution < -0.4 is 5.32 Å². The highest BCUT2D eigenvalue weighted by atomic mass is 16.5. The fraction of sp³-hybridized carbons (Fsp3) is 0.467. The van der Waals surface area contributed by atoms with Gasteiger partial charge in [-0.3, -0.25) is 0 Å². The molecule has 3 rings (SSSR count). The average molecular weight is 229 g/mol. The van der Waals surface area contributed by atoms with Crippen LogP contribution in [0.5, 0.6) is 0 Å². The monoisotopic (exact) mass is 229 g/mol. The molecule has 2 aliphatic heterocycles. The van der Waals surface area contributed by atoms with Crippen LogP contribution in [0.4, 0.5) is 0 Å². The maximum absolute atomic E-state index is 6.10. The van der Waals surface area contributed by atoms with Gasteiger partial charge in [0.2, 0.25) is 0 Å². The Kier molecular flexibility index (Phi) is 2.39. The van der Waals surface area contributed by atoms with E-state index in [4.69, 9.17) is 4.74 Å². The molecule has 0 saturated carbocycles. The molecule has 0 aliphatic carbocycles. The van der Waals surface area contributed by atoms with E-state index >= 15 is 0 Å². The SMILES string of the molecule is C=C(C)c1cccc2c1COC1(C)CNCC21. The van der Waals surface area contributed by atoms with Gasteiger partial charge in [0.25, 0.3) is 0 Å². The van der Waals surface area contributed by atoms with E-state index in [1.165, 1.54) is 16.7 Å². The summed E-state index contributed by atoms with van der Waals surface area (Å²) in [6.07, 6.45) is 0. The fourth-order valence-electron chi connectivity index (χ4n) is 3.12. The molecule has 90 valence electrons. The Labute approximate surface area is 103 Å². The van der Waals surface area contributed by atoms with Crippen molar-refractivity contribution in [2.24, 2.45) is 0 Å². The summed E-state index contributed by atoms with van der Waals surface area (Å²) in [5.41, 5.74) is 5.15. The lowest BCUT2D eigenvalue weighted by Gasteiger charge is -2.38. The summed E-state index contributed by atoms with van der Waals surface area (Å²) >= 11 is 0. The van der Waals surface area contributed by atoms with Gasteiger partial charge in [0, 0.05) is 19.0 Å². The van der Waals surface area contributed by atoms with Crippen molar-refractivity contribution >= 4 is 5.57 Å². The van der Waals surface area contributed by atoms with Gasteiger partial charge in [-0.1, -0.05) is 30.4 Å². The first kappa shape index (κ1) is 11.0. The Bertz CT molecular complexity index is 480. The zero-order chi connectivity index (χ0) is 12.0. The van der Waals surface area contributed by atoms with Crippen LogP contribution in [0.3, 0.4) is 0 Å². The molecule has 0 bridgehead atoms. The highest BCUT2D eigenvalue weighted by Crippen LogP contribution is 2.42. The minimum Gasteiger partial charge on any atom is -0.369 e. The van der Waals surface area contributed by atoms with E-state index in [0.29, 0.717) is 12.5 Å². The van der Waals surface area contributed by atoms with Gasteiger partial charge in [-0.05, 0) is 30.5 Å². The quantitative estimate of drug-likeness (QED) is 0.799. The molecule has 1 fully saturated rings. The second-order valence-corrected chi connectivity index (χ2v) is 5.44. The van der Waals surface area contributed by atoms with Crippen LogP contribution in [-0.4, -0.2) is 18.7 Å². The molecule has 2 aliphatic rings. The number of hydrogen-bond donors (Lipinski definition) is 1. The summed E-state index contributed by atoms with van der Waals surface area (Å²) in [5, 5.41) is 3.45. The third kappa shape index (κ3) is 1.55. The predicted molar refractivity (Wildman–Crippen MR) is 70.0 cm³/mol. The molecule has 2 heteroatoms. The van der Waals surface area contributed by atoms with Crippen LogP contribution in [0.25, 0.3) is 5.57 Å². The summed E-state index contributed by atoms with van der Waals surface area (Å²) in [7, 11) is 0. The summed E-state index contributed by atoms with van der Waals surface area (Å²) in [4.78, 5) is 0. The topological polar surface area (TPSA) is 21.3 Å². The predicted octanol–water partition coefficient (Wildman–Crippen LogP) is 2.70. The molecule has 0 radical (unpaired) electrons. The molecule has 0 amide bonds. The molecule has 0 aromatic heterocycles. The van der Waals surface area contributed by atoms with Gasteiger partial charge in [0.1, 0.15) is 0 Å². The first-order valence-corrected chi connectivity index (χ1v) is 6.24. The molecular weight excluding hydrogens is 210 g/mol. The van der Waals surface area contributed by atoms with Crippen molar-refractivity contribution < 1.29 is 4.74 Å². The number of nitrogens with one attached hydrogen (secondary N) is 1. The largest absolute Gasteiger partial charge is 0.369 e. The van der Waals surface area contributed by atoms with Gasteiger partial charge in [0.15, 0.2) is 0 Å². The normalized spacial score (nSPS) is 30.8. The maximum atomic E-state index is 6.10. The number of rotatable bonds is 1. The van der Waals surface area contributed by atoms with Crippen LogP contribution in [0.15, 0.2) is 24.8 Å². The van der Waals surface area contributed by atoms with E-state index in [9.17, 15) is 0 Å². The molecule has 1 saturated heterocycles. The molecular formula is C15H19NO. The molecule has 2 atom stereocenters. The Morgan fingerprint density at radius 3 is 3.12 bits per heavy atom. The fourth-order valence-corrected chi connectivity index (χ4v) is 3.12. The van der Waals surface area contributed by atoms with E-state index in [-0.39, 0.29) is 5.60 Å². The van der Waals surface area contributed by atoms with Crippen molar-refractivity contribution in [2.45, 2.75) is 32.0 Å². The Morgan fingerprint density at radius 1 is 1.53 bits per heavy atom. The smallest absolute Gasteiger partial charge is 0.0863 e. The van der Waals surface area contributed by atoms with E-state index in [2.05, 4.69) is 43.9 Å². The second kappa shape index (κ2) is 3.69. The van der Waals surface area contributed by atoms with Crippen molar-refractivity contribution in [2.75, 3.05) is 13.1 Å². The summed E-state index contributed by atoms with van der Waals surface area (Å²) < 4.78 is 6.10. The molecule has 2 unspecified atom stereocenters. The van der Waals surface area contributed by atoms with E-state index in [0.717, 1.165) is 18.7 Å². The summed E-state index contributed by atoms with van der Waals surface area (Å²) in [6, 6.07) is 6.54. The minimum atomic E-state index is -0.0271. The van der Waals surface area contributed by atoms with Gasteiger partial charge in [-0.25, -0.2) is 0 Å². The van der Waals surface area contributed by atoms with Crippen molar-refractivity contribution in [1.82, 2.24) is 5.32 Å². The van der Waals surface area contributed by atoms with E-state index in [1.54, 1.807) is 0 Å². The third-order valence-corrected chi connectivity index (χ3v) is 4.16. The van der Waals surface area contributed by atoms with Crippen LogP contribution in [-0.2, 0) is 11.3 Å². The first-order valence-electron chi connectivity index (χ1n) is 6.24. The first-order chi connectivity index (χ1) is 8.12. The minimum absolute atomic E-state index is 0.0271. The van der Waals surface area contributed by atoms with Crippen molar-refractivity contribution in [3.8, 4) is 0 Å². The average Bonchev–Trinajstić information content (AvgIpc) is 2.70. The second-order valence-electron chi connectivity index (χ2n) is 5.44. The standard InChI is InChI=1S/C15H19NO/c1-10(2)11-5-4-6-12-13(11)8-17-15(3)9-16-7-14(12)15/h4-6,14,16H,1,7-9H2,2-3H3. The number of allylic oxidation sites excluding steroid dienone is 1. The highest BCUT2D eigenvalue weighted by molar-refractivity contribution is 5.66. The molecule has 2 heterocycles. The van der Waals surface area contributed by atoms with Gasteiger partial charge in [0.05, 0.1) is 12.2 Å². The zero-order valence-corrected chi connectivity index (χ0v) is 10.5. The Morgan fingerprint density at radius 2 is 2.35 bits per heavy atom. The van der Waals surface area contributed by atoms with E-state index in [1.807, 2.05) is 0 Å². The number of ether oxygens (including phenoxy) is 1. The summed E-state index contributed by atoms with van der Waals surface area (Å²) in [6.45, 7) is 11.0. The van der Waals surface area contributed by atoms with Gasteiger partial charge in [-0.15, -0.1) is 0 Å². The van der Waals surface area contributed by atoms with Gasteiger partial charge >= 0.3 is 0 Å². The highest BCUT2D eigenvalue weighted by Gasteiger charge is 2.44. The Hall–Kier alpha value is -1.12. The van der Waals surface area contributed by atoms with Crippen LogP contribution >= 0.6 is 0 Å². The van der Waals surface area contributed by atoms with Crippen molar-refractivity contribution in [3.63, 3.8) is 0 Å². The lowest BCUT2D eigenvalue weighted by molar-refractivity contribution is -0.0518. The van der Waals surface area contributed by atoms with E-state index < -0.39 is 0 Å². The number of hydrogen-bond acceptors (Lipinski definition) is 2. The zero-order valence-electron chi connectivity index (χ0n) is 10.5. The lowest BCUT2D eigenvalue weighted by atomic mass is 9.79. The molecule has 2 nitrogen and oxygen atoms in total. The van der Waals surface area contributed by atoms with Crippen molar-refractivity contribution in [3.05, 3.63) is 41.5 Å². The van der Waals surface area contributed by atoms with Crippen LogP contribution in [0.1, 0.15) is 36.5 Å². The third-order valence-electron chi connectivity index (χ3n) is 4.16. The summed E-state index contributed by atoms with van der Waals surface area (Å²) in [5.74, 6) is 0.477. The van der Waals surface area contributed by atoms with Crippen molar-refractivity contribution in [1.29, 1.82) is 0 Å². The molecule has 1 aromatic rings. The molecule has 1 aromatic carbocycles. The lowest BCUT2D eigenvalue weighted by Crippen LogP contribution is -2.40. The van der Waals surface area contributed by atoms with Crippen LogP contribution in [0.2, 0.25) is 0 Å². The van der Waals surface area contributed by atoms with Crippen LogP contribution in [0, 0.1) is 0 Å². The molecule has 0 spiro atoms. The maximum Gasteiger partial charge on any atom is 0.0863 e. The number of benzene rings is 1. The number of fused-ring (bicyclic) bond motifs is 3.